The molecule has 7 nitrogen and oxygen atoms in total. The second-order valence-corrected chi connectivity index (χ2v) is 8.03. The van der Waals surface area contributed by atoms with E-state index in [4.69, 9.17) is 14.2 Å². The van der Waals surface area contributed by atoms with Gasteiger partial charge in [0, 0.05) is 50.4 Å². The third kappa shape index (κ3) is 5.40. The van der Waals surface area contributed by atoms with E-state index in [0.717, 1.165) is 17.5 Å². The van der Waals surface area contributed by atoms with Crippen LogP contribution in [0.15, 0.2) is 42.5 Å². The number of benzene rings is 2. The highest BCUT2D eigenvalue weighted by Crippen LogP contribution is 2.40. The van der Waals surface area contributed by atoms with Crippen molar-refractivity contribution in [3.63, 3.8) is 0 Å². The maximum absolute atomic E-state index is 13.2. The molecule has 2 amide bonds. The molecule has 0 spiro atoms. The fourth-order valence-corrected chi connectivity index (χ4v) is 4.12. The van der Waals surface area contributed by atoms with E-state index < -0.39 is 5.92 Å². The molecule has 0 bridgehead atoms. The van der Waals surface area contributed by atoms with Crippen LogP contribution in [-0.4, -0.2) is 64.3 Å². The lowest BCUT2D eigenvalue weighted by molar-refractivity contribution is -0.125. The van der Waals surface area contributed by atoms with Gasteiger partial charge in [0.25, 0.3) is 5.91 Å². The molecule has 1 heterocycles. The fourth-order valence-electron chi connectivity index (χ4n) is 4.12. The Bertz CT molecular complexity index is 928. The molecule has 1 aliphatic heterocycles. The van der Waals surface area contributed by atoms with Gasteiger partial charge < -0.3 is 24.4 Å². The van der Waals surface area contributed by atoms with Crippen LogP contribution in [0.3, 0.4) is 0 Å². The van der Waals surface area contributed by atoms with Gasteiger partial charge in [-0.3, -0.25) is 9.59 Å². The molecular weight excluding hydrogens is 408 g/mol. The zero-order valence-electron chi connectivity index (χ0n) is 19.2. The van der Waals surface area contributed by atoms with E-state index in [1.165, 1.54) is 0 Å². The zero-order chi connectivity index (χ0) is 23.1. The van der Waals surface area contributed by atoms with Crippen LogP contribution in [0.25, 0.3) is 0 Å². The van der Waals surface area contributed by atoms with E-state index in [2.05, 4.69) is 5.32 Å². The summed E-state index contributed by atoms with van der Waals surface area (Å²) < 4.78 is 16.1. The smallest absolute Gasteiger partial charge is 0.253 e. The van der Waals surface area contributed by atoms with Crippen molar-refractivity contribution in [3.8, 4) is 11.5 Å². The van der Waals surface area contributed by atoms with E-state index >= 15 is 0 Å². The SMILES string of the molecule is COCCCNC(=O)C1CN(C(=O)c2ccc(C)cc2)CC1c1cc(OC)ccc1OC. The number of methoxy groups -OCH3 is 3. The molecule has 2 atom stereocenters. The number of likely N-dealkylation sites (tertiary alicyclic amines) is 1. The van der Waals surface area contributed by atoms with Gasteiger partial charge in [0.1, 0.15) is 11.5 Å². The summed E-state index contributed by atoms with van der Waals surface area (Å²) in [4.78, 5) is 28.1. The van der Waals surface area contributed by atoms with Crippen LogP contribution in [0, 0.1) is 12.8 Å². The van der Waals surface area contributed by atoms with Gasteiger partial charge >= 0.3 is 0 Å². The molecule has 3 rings (SSSR count). The first-order valence-corrected chi connectivity index (χ1v) is 10.8. The highest BCUT2D eigenvalue weighted by molar-refractivity contribution is 5.95. The predicted octanol–water partition coefficient (Wildman–Crippen LogP) is 3.02. The number of hydrogen-bond donors (Lipinski definition) is 1. The molecule has 2 aromatic rings. The Kier molecular flexibility index (Phi) is 8.11. The minimum absolute atomic E-state index is 0.0739. The van der Waals surface area contributed by atoms with Crippen LogP contribution in [-0.2, 0) is 9.53 Å². The lowest BCUT2D eigenvalue weighted by Gasteiger charge is -2.21. The number of aryl methyl sites for hydroxylation is 1. The number of carbonyl (C=O) groups excluding carboxylic acids is 2. The molecular formula is C25H32N2O5. The first-order valence-electron chi connectivity index (χ1n) is 10.8. The second kappa shape index (κ2) is 11.0. The Hall–Kier alpha value is -3.06. The summed E-state index contributed by atoms with van der Waals surface area (Å²) in [6, 6.07) is 13.1. The molecule has 0 radical (unpaired) electrons. The third-order valence-electron chi connectivity index (χ3n) is 5.90. The average Bonchev–Trinajstić information content (AvgIpc) is 3.26. The quantitative estimate of drug-likeness (QED) is 0.607. The largest absolute Gasteiger partial charge is 0.497 e. The number of ether oxygens (including phenoxy) is 3. The maximum atomic E-state index is 13.2. The number of hydrogen-bond acceptors (Lipinski definition) is 5. The van der Waals surface area contributed by atoms with Crippen molar-refractivity contribution in [2.45, 2.75) is 19.3 Å². The van der Waals surface area contributed by atoms with Gasteiger partial charge in [-0.05, 0) is 43.7 Å². The topological polar surface area (TPSA) is 77.1 Å². The Morgan fingerprint density at radius 2 is 1.78 bits per heavy atom. The highest BCUT2D eigenvalue weighted by Gasteiger charge is 2.41. The molecule has 7 heteroatoms. The van der Waals surface area contributed by atoms with Crippen molar-refractivity contribution in [1.29, 1.82) is 0 Å². The van der Waals surface area contributed by atoms with Gasteiger partial charge in [0.05, 0.1) is 20.1 Å². The second-order valence-electron chi connectivity index (χ2n) is 8.03. The van der Waals surface area contributed by atoms with E-state index in [1.807, 2.05) is 49.4 Å². The average molecular weight is 441 g/mol. The predicted molar refractivity (Wildman–Crippen MR) is 122 cm³/mol. The van der Waals surface area contributed by atoms with Gasteiger partial charge in [0.2, 0.25) is 5.91 Å². The normalized spacial score (nSPS) is 17.8. The Labute approximate surface area is 189 Å². The standard InChI is InChI=1S/C25H32N2O5/c1-17-6-8-18(9-7-17)25(29)27-15-21(20-14-19(31-3)10-11-23(20)32-4)22(16-27)24(28)26-12-5-13-30-2/h6-11,14,21-22H,5,12-13,15-16H2,1-4H3,(H,26,28). The van der Waals surface area contributed by atoms with E-state index in [1.54, 1.807) is 26.2 Å². The first-order chi connectivity index (χ1) is 15.5. The molecule has 1 N–H and O–H groups in total. The lowest BCUT2D eigenvalue weighted by Crippen LogP contribution is -2.36. The zero-order valence-corrected chi connectivity index (χ0v) is 19.2. The van der Waals surface area contributed by atoms with Crippen LogP contribution in [0.2, 0.25) is 0 Å². The summed E-state index contributed by atoms with van der Waals surface area (Å²) in [5, 5.41) is 3.00. The number of carbonyl (C=O) groups is 2. The molecule has 32 heavy (non-hydrogen) atoms. The summed E-state index contributed by atoms with van der Waals surface area (Å²) in [5.74, 6) is 0.604. The van der Waals surface area contributed by atoms with Crippen LogP contribution in [0.5, 0.6) is 11.5 Å². The summed E-state index contributed by atoms with van der Waals surface area (Å²) >= 11 is 0. The van der Waals surface area contributed by atoms with Crippen molar-refractivity contribution in [2.24, 2.45) is 5.92 Å². The van der Waals surface area contributed by atoms with E-state index in [-0.39, 0.29) is 17.7 Å². The molecule has 1 aliphatic rings. The van der Waals surface area contributed by atoms with Crippen LogP contribution in [0.4, 0.5) is 0 Å². The number of rotatable bonds is 9. The lowest BCUT2D eigenvalue weighted by atomic mass is 9.87. The molecule has 0 saturated carbocycles. The molecule has 2 unspecified atom stereocenters. The van der Waals surface area contributed by atoms with Crippen molar-refractivity contribution < 1.29 is 23.8 Å². The Balaban J connectivity index is 1.88. The number of amides is 2. The molecule has 0 aliphatic carbocycles. The third-order valence-corrected chi connectivity index (χ3v) is 5.90. The van der Waals surface area contributed by atoms with Crippen LogP contribution < -0.4 is 14.8 Å². The van der Waals surface area contributed by atoms with Crippen molar-refractivity contribution in [3.05, 3.63) is 59.2 Å². The van der Waals surface area contributed by atoms with E-state index in [0.29, 0.717) is 43.3 Å². The van der Waals surface area contributed by atoms with Gasteiger partial charge in [-0.1, -0.05) is 17.7 Å². The van der Waals surface area contributed by atoms with Crippen molar-refractivity contribution >= 4 is 11.8 Å². The molecule has 1 saturated heterocycles. The van der Waals surface area contributed by atoms with Gasteiger partial charge in [-0.2, -0.15) is 0 Å². The van der Waals surface area contributed by atoms with Gasteiger partial charge in [-0.15, -0.1) is 0 Å². The minimum Gasteiger partial charge on any atom is -0.497 e. The van der Waals surface area contributed by atoms with Crippen LogP contribution >= 0.6 is 0 Å². The molecule has 172 valence electrons. The van der Waals surface area contributed by atoms with E-state index in [9.17, 15) is 9.59 Å². The number of nitrogens with zero attached hydrogens (tertiary/aromatic N) is 1. The minimum atomic E-state index is -0.395. The molecule has 2 aromatic carbocycles. The van der Waals surface area contributed by atoms with Crippen LogP contribution in [0.1, 0.15) is 33.8 Å². The highest BCUT2D eigenvalue weighted by atomic mass is 16.5. The Morgan fingerprint density at radius 3 is 2.44 bits per heavy atom. The Morgan fingerprint density at radius 1 is 1.03 bits per heavy atom. The molecule has 0 aromatic heterocycles. The maximum Gasteiger partial charge on any atom is 0.253 e. The fraction of sp³-hybridized carbons (Fsp3) is 0.440. The van der Waals surface area contributed by atoms with Gasteiger partial charge in [-0.25, -0.2) is 0 Å². The van der Waals surface area contributed by atoms with Crippen molar-refractivity contribution in [1.82, 2.24) is 10.2 Å². The summed E-state index contributed by atoms with van der Waals surface area (Å²) in [6.07, 6.45) is 0.730. The summed E-state index contributed by atoms with van der Waals surface area (Å²) in [7, 11) is 4.85. The monoisotopic (exact) mass is 440 g/mol. The first kappa shape index (κ1) is 23.6. The molecule has 1 fully saturated rings. The summed E-state index contributed by atoms with van der Waals surface area (Å²) in [6.45, 7) is 3.85. The summed E-state index contributed by atoms with van der Waals surface area (Å²) in [5.41, 5.74) is 2.58. The van der Waals surface area contributed by atoms with Crippen molar-refractivity contribution in [2.75, 3.05) is 47.6 Å². The van der Waals surface area contributed by atoms with Gasteiger partial charge in [0.15, 0.2) is 0 Å². The number of nitrogens with one attached hydrogen (secondary N) is 1.